The molecule has 0 bridgehead atoms. The Kier molecular flexibility index (Phi) is 2.43. The fraction of sp³-hybridized carbons (Fsp3) is 0.0714. The van der Waals surface area contributed by atoms with Gasteiger partial charge in [-0.05, 0) is 23.6 Å². The van der Waals surface area contributed by atoms with E-state index in [9.17, 15) is 0 Å². The van der Waals surface area contributed by atoms with Crippen LogP contribution in [0.15, 0.2) is 47.4 Å². The van der Waals surface area contributed by atoms with E-state index < -0.39 is 0 Å². The van der Waals surface area contributed by atoms with Crippen LogP contribution in [0.3, 0.4) is 0 Å². The fourth-order valence-corrected chi connectivity index (χ4v) is 2.97. The Labute approximate surface area is 119 Å². The summed E-state index contributed by atoms with van der Waals surface area (Å²) in [5.41, 5.74) is 3.99. The molecule has 0 fully saturated rings. The van der Waals surface area contributed by atoms with E-state index >= 15 is 0 Å². The third-order valence-corrected chi connectivity index (χ3v) is 3.98. The Morgan fingerprint density at radius 3 is 3.00 bits per heavy atom. The van der Waals surface area contributed by atoms with Crippen molar-refractivity contribution in [2.24, 2.45) is 7.05 Å². The molecule has 4 rings (SSSR count). The Balaban J connectivity index is 1.99. The standard InChI is InChI=1S/C14H11N5S/c1-18-11-3-2-4-12(13(11)16-17-18)19-7-6-15-14(19)10-5-8-20-9-10/h2-9H,1H3. The molecule has 0 saturated heterocycles. The maximum absolute atomic E-state index is 4.46. The van der Waals surface area contributed by atoms with Crippen LogP contribution in [-0.4, -0.2) is 24.5 Å². The number of hydrogen-bond donors (Lipinski definition) is 0. The van der Waals surface area contributed by atoms with Crippen molar-refractivity contribution in [2.45, 2.75) is 0 Å². The lowest BCUT2D eigenvalue weighted by molar-refractivity contribution is 0.736. The molecule has 0 aliphatic rings. The first-order chi connectivity index (χ1) is 9.84. The second kappa shape index (κ2) is 4.28. The molecule has 98 valence electrons. The molecule has 0 amide bonds. The van der Waals surface area contributed by atoms with Gasteiger partial charge >= 0.3 is 0 Å². The Bertz CT molecular complexity index is 872. The molecule has 20 heavy (non-hydrogen) atoms. The highest BCUT2D eigenvalue weighted by Gasteiger charge is 2.13. The number of aromatic nitrogens is 5. The Morgan fingerprint density at radius 1 is 1.20 bits per heavy atom. The van der Waals surface area contributed by atoms with Crippen molar-refractivity contribution >= 4 is 22.4 Å². The minimum Gasteiger partial charge on any atom is -0.297 e. The SMILES string of the molecule is Cn1nnc2c(-n3ccnc3-c3ccsc3)cccc21. The van der Waals surface area contributed by atoms with E-state index in [1.807, 2.05) is 37.6 Å². The van der Waals surface area contributed by atoms with Crippen LogP contribution < -0.4 is 0 Å². The van der Waals surface area contributed by atoms with Gasteiger partial charge in [0.05, 0.1) is 11.2 Å². The molecule has 3 aromatic heterocycles. The first-order valence-corrected chi connectivity index (χ1v) is 7.13. The summed E-state index contributed by atoms with van der Waals surface area (Å²) in [4.78, 5) is 4.46. The summed E-state index contributed by atoms with van der Waals surface area (Å²) in [6, 6.07) is 8.13. The molecule has 0 unspecified atom stereocenters. The summed E-state index contributed by atoms with van der Waals surface area (Å²) in [7, 11) is 1.90. The summed E-state index contributed by atoms with van der Waals surface area (Å²) in [5, 5.41) is 12.5. The van der Waals surface area contributed by atoms with Crippen LogP contribution in [0.25, 0.3) is 28.1 Å². The molecule has 0 aliphatic carbocycles. The number of fused-ring (bicyclic) bond motifs is 1. The van der Waals surface area contributed by atoms with Crippen LogP contribution in [0.5, 0.6) is 0 Å². The van der Waals surface area contributed by atoms with Gasteiger partial charge in [0.25, 0.3) is 0 Å². The van der Waals surface area contributed by atoms with E-state index in [-0.39, 0.29) is 0 Å². The first kappa shape index (κ1) is 11.4. The van der Waals surface area contributed by atoms with Gasteiger partial charge in [0.2, 0.25) is 0 Å². The Morgan fingerprint density at radius 2 is 2.15 bits per heavy atom. The van der Waals surface area contributed by atoms with Crippen molar-refractivity contribution < 1.29 is 0 Å². The number of thiophene rings is 1. The van der Waals surface area contributed by atoms with E-state index in [4.69, 9.17) is 0 Å². The quantitative estimate of drug-likeness (QED) is 0.567. The lowest BCUT2D eigenvalue weighted by Crippen LogP contribution is -1.97. The van der Waals surface area contributed by atoms with Gasteiger partial charge in [0.1, 0.15) is 11.3 Å². The van der Waals surface area contributed by atoms with Crippen LogP contribution in [0.2, 0.25) is 0 Å². The zero-order valence-electron chi connectivity index (χ0n) is 10.8. The third-order valence-electron chi connectivity index (χ3n) is 3.30. The van der Waals surface area contributed by atoms with Crippen molar-refractivity contribution in [3.8, 4) is 17.1 Å². The Hall–Kier alpha value is -2.47. The normalized spacial score (nSPS) is 11.2. The van der Waals surface area contributed by atoms with Gasteiger partial charge in [-0.25, -0.2) is 9.67 Å². The van der Waals surface area contributed by atoms with Gasteiger partial charge in [-0.15, -0.1) is 5.10 Å². The molecule has 0 saturated carbocycles. The molecular weight excluding hydrogens is 270 g/mol. The van der Waals surface area contributed by atoms with Crippen LogP contribution in [0.4, 0.5) is 0 Å². The minimum absolute atomic E-state index is 0.879. The van der Waals surface area contributed by atoms with Crippen LogP contribution in [0, 0.1) is 0 Å². The molecule has 6 heteroatoms. The number of hydrogen-bond acceptors (Lipinski definition) is 4. The highest BCUT2D eigenvalue weighted by Crippen LogP contribution is 2.26. The van der Waals surface area contributed by atoms with E-state index in [1.165, 1.54) is 0 Å². The number of imidazole rings is 1. The number of rotatable bonds is 2. The van der Waals surface area contributed by atoms with Crippen LogP contribution in [-0.2, 0) is 7.05 Å². The number of nitrogens with zero attached hydrogens (tertiary/aromatic N) is 5. The molecule has 0 aliphatic heterocycles. The minimum atomic E-state index is 0.879. The highest BCUT2D eigenvalue weighted by atomic mass is 32.1. The highest BCUT2D eigenvalue weighted by molar-refractivity contribution is 7.08. The van der Waals surface area contributed by atoms with Crippen LogP contribution in [0.1, 0.15) is 0 Å². The smallest absolute Gasteiger partial charge is 0.145 e. The van der Waals surface area contributed by atoms with Gasteiger partial charge < -0.3 is 0 Å². The molecule has 0 atom stereocenters. The van der Waals surface area contributed by atoms with Gasteiger partial charge in [-0.2, -0.15) is 11.3 Å². The zero-order chi connectivity index (χ0) is 13.5. The van der Waals surface area contributed by atoms with Gasteiger partial charge in [-0.1, -0.05) is 11.3 Å². The number of benzene rings is 1. The van der Waals surface area contributed by atoms with Crippen molar-refractivity contribution in [1.82, 2.24) is 24.5 Å². The van der Waals surface area contributed by atoms with Crippen molar-refractivity contribution in [3.63, 3.8) is 0 Å². The second-order valence-electron chi connectivity index (χ2n) is 4.49. The van der Waals surface area contributed by atoms with Crippen LogP contribution >= 0.6 is 11.3 Å². The molecule has 0 radical (unpaired) electrons. The second-order valence-corrected chi connectivity index (χ2v) is 5.27. The predicted molar refractivity (Wildman–Crippen MR) is 78.9 cm³/mol. The summed E-state index contributed by atoms with van der Waals surface area (Å²) in [6.07, 6.45) is 3.76. The van der Waals surface area contributed by atoms with Crippen molar-refractivity contribution in [1.29, 1.82) is 0 Å². The third kappa shape index (κ3) is 1.58. The molecule has 3 heterocycles. The average Bonchev–Trinajstić information content (AvgIpc) is 3.18. The molecule has 0 spiro atoms. The molecule has 1 aromatic carbocycles. The lowest BCUT2D eigenvalue weighted by atomic mass is 10.2. The fourth-order valence-electron chi connectivity index (χ4n) is 2.34. The zero-order valence-corrected chi connectivity index (χ0v) is 11.6. The van der Waals surface area contributed by atoms with E-state index in [0.29, 0.717) is 0 Å². The van der Waals surface area contributed by atoms with Crippen molar-refractivity contribution in [3.05, 3.63) is 47.4 Å². The first-order valence-electron chi connectivity index (χ1n) is 6.19. The maximum Gasteiger partial charge on any atom is 0.145 e. The summed E-state index contributed by atoms with van der Waals surface area (Å²) in [6.45, 7) is 0. The van der Waals surface area contributed by atoms with E-state index in [1.54, 1.807) is 16.0 Å². The topological polar surface area (TPSA) is 48.5 Å². The summed E-state index contributed by atoms with van der Waals surface area (Å²) < 4.78 is 3.83. The van der Waals surface area contributed by atoms with Gasteiger partial charge in [0.15, 0.2) is 0 Å². The van der Waals surface area contributed by atoms with Gasteiger partial charge in [-0.3, -0.25) is 4.57 Å². The summed E-state index contributed by atoms with van der Waals surface area (Å²) >= 11 is 1.66. The molecule has 5 nitrogen and oxygen atoms in total. The summed E-state index contributed by atoms with van der Waals surface area (Å²) in [5.74, 6) is 0.921. The largest absolute Gasteiger partial charge is 0.297 e. The molecule has 4 aromatic rings. The molecular formula is C14H11N5S. The van der Waals surface area contributed by atoms with Gasteiger partial charge in [0, 0.05) is 30.4 Å². The van der Waals surface area contributed by atoms with E-state index in [2.05, 4.69) is 36.7 Å². The molecule has 0 N–H and O–H groups in total. The predicted octanol–water partition coefficient (Wildman–Crippen LogP) is 2.88. The monoisotopic (exact) mass is 281 g/mol. The number of aryl methyl sites for hydroxylation is 1. The van der Waals surface area contributed by atoms with Crippen molar-refractivity contribution in [2.75, 3.05) is 0 Å². The average molecular weight is 281 g/mol. The van der Waals surface area contributed by atoms with E-state index in [0.717, 1.165) is 28.1 Å². The maximum atomic E-state index is 4.46. The lowest BCUT2D eigenvalue weighted by Gasteiger charge is -2.07.